The third-order valence-electron chi connectivity index (χ3n) is 4.19. The molecule has 2 nitrogen and oxygen atoms in total. The SMILES string of the molecule is CC(C)(C)N[C@H]1CCC[C@@H](N2CCCCC2)C1. The molecular weight excluding hydrogens is 208 g/mol. The van der Waals surface area contributed by atoms with Gasteiger partial charge in [-0.25, -0.2) is 0 Å². The van der Waals surface area contributed by atoms with Gasteiger partial charge in [-0.2, -0.15) is 0 Å². The first-order chi connectivity index (χ1) is 8.04. The van der Waals surface area contributed by atoms with E-state index in [-0.39, 0.29) is 5.54 Å². The molecule has 0 aromatic rings. The number of hydrogen-bond donors (Lipinski definition) is 1. The van der Waals surface area contributed by atoms with Crippen molar-refractivity contribution >= 4 is 0 Å². The summed E-state index contributed by atoms with van der Waals surface area (Å²) in [5, 5.41) is 3.80. The molecular formula is C15H30N2. The molecule has 1 saturated carbocycles. The van der Waals surface area contributed by atoms with Crippen LogP contribution in [-0.4, -0.2) is 35.6 Å². The van der Waals surface area contributed by atoms with Crippen LogP contribution >= 0.6 is 0 Å². The fourth-order valence-electron chi connectivity index (χ4n) is 3.52. The lowest BCUT2D eigenvalue weighted by Gasteiger charge is -2.41. The molecule has 1 saturated heterocycles. The molecule has 1 heterocycles. The molecule has 0 radical (unpaired) electrons. The number of rotatable bonds is 2. The molecule has 17 heavy (non-hydrogen) atoms. The number of likely N-dealkylation sites (tertiary alicyclic amines) is 1. The van der Waals surface area contributed by atoms with Gasteiger partial charge < -0.3 is 10.2 Å². The van der Waals surface area contributed by atoms with E-state index in [4.69, 9.17) is 0 Å². The highest BCUT2D eigenvalue weighted by Crippen LogP contribution is 2.26. The first kappa shape index (κ1) is 13.4. The Labute approximate surface area is 107 Å². The molecule has 2 heteroatoms. The Kier molecular flexibility index (Phi) is 4.48. The molecule has 2 rings (SSSR count). The van der Waals surface area contributed by atoms with E-state index in [1.807, 2.05) is 0 Å². The van der Waals surface area contributed by atoms with Gasteiger partial charge in [0.05, 0.1) is 0 Å². The van der Waals surface area contributed by atoms with Gasteiger partial charge in [-0.1, -0.05) is 12.8 Å². The smallest absolute Gasteiger partial charge is 0.0110 e. The van der Waals surface area contributed by atoms with E-state index in [9.17, 15) is 0 Å². The minimum absolute atomic E-state index is 0.272. The van der Waals surface area contributed by atoms with Crippen molar-refractivity contribution in [1.82, 2.24) is 10.2 Å². The van der Waals surface area contributed by atoms with Crippen LogP contribution in [0, 0.1) is 0 Å². The van der Waals surface area contributed by atoms with Crippen LogP contribution in [0.15, 0.2) is 0 Å². The fraction of sp³-hybridized carbons (Fsp3) is 1.00. The van der Waals surface area contributed by atoms with Crippen molar-refractivity contribution in [3.63, 3.8) is 0 Å². The number of nitrogens with one attached hydrogen (secondary N) is 1. The van der Waals surface area contributed by atoms with Gasteiger partial charge in [-0.05, 0) is 66.0 Å². The second-order valence-corrected chi connectivity index (χ2v) is 7.01. The molecule has 100 valence electrons. The van der Waals surface area contributed by atoms with Gasteiger partial charge in [0, 0.05) is 17.6 Å². The Morgan fingerprint density at radius 3 is 2.29 bits per heavy atom. The quantitative estimate of drug-likeness (QED) is 0.795. The average molecular weight is 238 g/mol. The Morgan fingerprint density at radius 2 is 1.65 bits per heavy atom. The van der Waals surface area contributed by atoms with Gasteiger partial charge in [0.25, 0.3) is 0 Å². The average Bonchev–Trinajstić information content (AvgIpc) is 2.28. The summed E-state index contributed by atoms with van der Waals surface area (Å²) in [6, 6.07) is 1.61. The number of hydrogen-bond acceptors (Lipinski definition) is 2. The summed E-state index contributed by atoms with van der Waals surface area (Å²) in [5.74, 6) is 0. The molecule has 0 bridgehead atoms. The summed E-state index contributed by atoms with van der Waals surface area (Å²) in [5.41, 5.74) is 0.272. The molecule has 0 aromatic carbocycles. The zero-order chi connectivity index (χ0) is 12.3. The number of piperidine rings is 1. The predicted octanol–water partition coefficient (Wildman–Crippen LogP) is 3.17. The summed E-state index contributed by atoms with van der Waals surface area (Å²) in [6.07, 6.45) is 9.89. The lowest BCUT2D eigenvalue weighted by molar-refractivity contribution is 0.111. The summed E-state index contributed by atoms with van der Waals surface area (Å²) in [7, 11) is 0. The van der Waals surface area contributed by atoms with Crippen LogP contribution < -0.4 is 5.32 Å². The summed E-state index contributed by atoms with van der Waals surface area (Å²) in [6.45, 7) is 9.58. The Morgan fingerprint density at radius 1 is 0.941 bits per heavy atom. The Balaban J connectivity index is 1.83. The Hall–Kier alpha value is -0.0800. The summed E-state index contributed by atoms with van der Waals surface area (Å²) in [4.78, 5) is 2.76. The van der Waals surface area contributed by atoms with Crippen LogP contribution in [0.2, 0.25) is 0 Å². The van der Waals surface area contributed by atoms with E-state index in [1.54, 1.807) is 0 Å². The van der Waals surface area contributed by atoms with Crippen LogP contribution in [0.1, 0.15) is 65.7 Å². The third kappa shape index (κ3) is 4.26. The van der Waals surface area contributed by atoms with E-state index in [0.717, 1.165) is 12.1 Å². The zero-order valence-electron chi connectivity index (χ0n) is 12.0. The van der Waals surface area contributed by atoms with Crippen molar-refractivity contribution in [3.05, 3.63) is 0 Å². The monoisotopic (exact) mass is 238 g/mol. The highest BCUT2D eigenvalue weighted by atomic mass is 15.2. The first-order valence-electron chi connectivity index (χ1n) is 7.56. The van der Waals surface area contributed by atoms with Crippen LogP contribution in [0.5, 0.6) is 0 Å². The molecule has 0 spiro atoms. The van der Waals surface area contributed by atoms with Gasteiger partial charge >= 0.3 is 0 Å². The largest absolute Gasteiger partial charge is 0.309 e. The third-order valence-corrected chi connectivity index (χ3v) is 4.19. The van der Waals surface area contributed by atoms with Crippen molar-refractivity contribution in [2.24, 2.45) is 0 Å². The second-order valence-electron chi connectivity index (χ2n) is 7.01. The van der Waals surface area contributed by atoms with Crippen LogP contribution in [0.3, 0.4) is 0 Å². The van der Waals surface area contributed by atoms with Crippen molar-refractivity contribution in [2.45, 2.75) is 83.3 Å². The molecule has 0 aromatic heterocycles. The highest BCUT2D eigenvalue weighted by Gasteiger charge is 2.29. The van der Waals surface area contributed by atoms with Crippen LogP contribution in [0.25, 0.3) is 0 Å². The predicted molar refractivity (Wildman–Crippen MR) is 74.4 cm³/mol. The van der Waals surface area contributed by atoms with Gasteiger partial charge in [-0.15, -0.1) is 0 Å². The molecule has 1 aliphatic heterocycles. The maximum Gasteiger partial charge on any atom is 0.0110 e. The van der Waals surface area contributed by atoms with E-state index in [0.29, 0.717) is 0 Å². The number of nitrogens with zero attached hydrogens (tertiary/aromatic N) is 1. The first-order valence-corrected chi connectivity index (χ1v) is 7.56. The van der Waals surface area contributed by atoms with Gasteiger partial charge in [0.1, 0.15) is 0 Å². The Bertz CT molecular complexity index is 226. The second kappa shape index (κ2) is 5.71. The minimum atomic E-state index is 0.272. The molecule has 2 fully saturated rings. The highest BCUT2D eigenvalue weighted by molar-refractivity contribution is 4.88. The summed E-state index contributed by atoms with van der Waals surface area (Å²) >= 11 is 0. The van der Waals surface area contributed by atoms with E-state index >= 15 is 0 Å². The van der Waals surface area contributed by atoms with Crippen molar-refractivity contribution in [2.75, 3.05) is 13.1 Å². The molecule has 2 aliphatic rings. The summed E-state index contributed by atoms with van der Waals surface area (Å²) < 4.78 is 0. The van der Waals surface area contributed by atoms with Gasteiger partial charge in [0.2, 0.25) is 0 Å². The van der Waals surface area contributed by atoms with E-state index in [1.165, 1.54) is 58.0 Å². The van der Waals surface area contributed by atoms with E-state index < -0.39 is 0 Å². The zero-order valence-corrected chi connectivity index (χ0v) is 12.0. The topological polar surface area (TPSA) is 15.3 Å². The minimum Gasteiger partial charge on any atom is -0.309 e. The normalized spacial score (nSPS) is 32.6. The molecule has 1 aliphatic carbocycles. The maximum atomic E-state index is 3.80. The van der Waals surface area contributed by atoms with Crippen LogP contribution in [0.4, 0.5) is 0 Å². The van der Waals surface area contributed by atoms with Gasteiger partial charge in [-0.3, -0.25) is 0 Å². The molecule has 1 N–H and O–H groups in total. The molecule has 2 atom stereocenters. The van der Waals surface area contributed by atoms with Gasteiger partial charge in [0.15, 0.2) is 0 Å². The maximum absolute atomic E-state index is 3.80. The van der Waals surface area contributed by atoms with E-state index in [2.05, 4.69) is 31.0 Å². The molecule has 0 unspecified atom stereocenters. The lowest BCUT2D eigenvalue weighted by atomic mass is 9.87. The van der Waals surface area contributed by atoms with Crippen molar-refractivity contribution in [1.29, 1.82) is 0 Å². The van der Waals surface area contributed by atoms with Crippen LogP contribution in [-0.2, 0) is 0 Å². The fourth-order valence-corrected chi connectivity index (χ4v) is 3.52. The van der Waals surface area contributed by atoms with Crippen molar-refractivity contribution in [3.8, 4) is 0 Å². The molecule has 0 amide bonds. The standard InChI is InChI=1S/C15H30N2/c1-15(2,3)16-13-8-7-9-14(12-13)17-10-5-4-6-11-17/h13-14,16H,4-12H2,1-3H3/t13-,14+/m0/s1. The van der Waals surface area contributed by atoms with Crippen molar-refractivity contribution < 1.29 is 0 Å². The lowest BCUT2D eigenvalue weighted by Crippen LogP contribution is -2.50.